The molecule has 3 aliphatic rings. The van der Waals surface area contributed by atoms with E-state index in [0.717, 1.165) is 61.1 Å². The molecule has 2 bridgehead atoms. The van der Waals surface area contributed by atoms with Crippen LogP contribution in [0.25, 0.3) is 22.3 Å². The molecule has 3 aromatic heterocycles. The largest absolute Gasteiger partial charge is 0.367 e. The number of aromatic nitrogens is 4. The molecule has 158 valence electrons. The first-order valence-electron chi connectivity index (χ1n) is 10.6. The van der Waals surface area contributed by atoms with Crippen LogP contribution >= 0.6 is 0 Å². The van der Waals surface area contributed by atoms with Gasteiger partial charge in [-0.05, 0) is 37.8 Å². The number of piperazine rings is 1. The fourth-order valence-electron chi connectivity index (χ4n) is 5.01. The highest BCUT2D eigenvalue weighted by atomic mass is 19.1. The number of hydrogen-bond donors (Lipinski definition) is 1. The summed E-state index contributed by atoms with van der Waals surface area (Å²) >= 11 is 0. The predicted molar refractivity (Wildman–Crippen MR) is 114 cm³/mol. The Morgan fingerprint density at radius 1 is 1.17 bits per heavy atom. The van der Waals surface area contributed by atoms with Crippen LogP contribution in [-0.4, -0.2) is 62.9 Å². The van der Waals surface area contributed by atoms with Gasteiger partial charge in [0, 0.05) is 67.2 Å². The topological polar surface area (TPSA) is 70.1 Å². The summed E-state index contributed by atoms with van der Waals surface area (Å²) < 4.78 is 11.3. The third kappa shape index (κ3) is 3.14. The maximum Gasteiger partial charge on any atom is 0.226 e. The standard InChI is InChI=1S/C21H24N6O.CH3F/c1-25-10-14(9-23-25)18-8-17-19(6-7-22-20(17)24-18)26-11-15-4-5-16(12-26)27(15)21(28)13-2-3-13;1-2/h6-10,13,15-16H,2-5,11-12H2,1H3,(H,22,24);1H3. The number of nitrogens with one attached hydrogen (secondary N) is 1. The lowest BCUT2D eigenvalue weighted by Crippen LogP contribution is -2.56. The average molecular weight is 410 g/mol. The Kier molecular flexibility index (Phi) is 4.72. The Balaban J connectivity index is 0.000000937. The number of hydrogen-bond acceptors (Lipinski definition) is 4. The van der Waals surface area contributed by atoms with Crippen molar-refractivity contribution in [3.63, 3.8) is 0 Å². The molecule has 0 radical (unpaired) electrons. The van der Waals surface area contributed by atoms with Crippen LogP contribution in [-0.2, 0) is 11.8 Å². The first-order chi connectivity index (χ1) is 14.7. The van der Waals surface area contributed by atoms with E-state index in [0.29, 0.717) is 31.1 Å². The van der Waals surface area contributed by atoms with Crippen molar-refractivity contribution < 1.29 is 9.18 Å². The molecule has 0 aromatic carbocycles. The molecule has 8 heteroatoms. The Morgan fingerprint density at radius 2 is 1.90 bits per heavy atom. The Morgan fingerprint density at radius 3 is 2.53 bits per heavy atom. The van der Waals surface area contributed by atoms with E-state index in [1.807, 2.05) is 30.3 Å². The molecule has 1 aliphatic carbocycles. The number of nitrogens with zero attached hydrogens (tertiary/aromatic N) is 5. The summed E-state index contributed by atoms with van der Waals surface area (Å²) in [6.07, 6.45) is 10.2. The summed E-state index contributed by atoms with van der Waals surface area (Å²) in [6, 6.07) is 5.00. The molecule has 7 nitrogen and oxygen atoms in total. The van der Waals surface area contributed by atoms with E-state index in [1.165, 1.54) is 5.69 Å². The number of amides is 1. The van der Waals surface area contributed by atoms with Gasteiger partial charge in [0.05, 0.1) is 19.1 Å². The van der Waals surface area contributed by atoms with Crippen LogP contribution in [0.5, 0.6) is 0 Å². The second-order valence-corrected chi connectivity index (χ2v) is 8.49. The molecule has 2 aliphatic heterocycles. The first-order valence-corrected chi connectivity index (χ1v) is 10.6. The van der Waals surface area contributed by atoms with E-state index in [1.54, 1.807) is 0 Å². The molecule has 3 aromatic rings. The second-order valence-electron chi connectivity index (χ2n) is 8.49. The summed E-state index contributed by atoms with van der Waals surface area (Å²) in [7, 11) is 2.42. The van der Waals surface area contributed by atoms with Crippen molar-refractivity contribution in [2.75, 3.05) is 25.2 Å². The summed E-state index contributed by atoms with van der Waals surface area (Å²) in [5.41, 5.74) is 4.21. The quantitative estimate of drug-likeness (QED) is 0.720. The smallest absolute Gasteiger partial charge is 0.226 e. The van der Waals surface area contributed by atoms with Crippen LogP contribution in [0.15, 0.2) is 30.7 Å². The summed E-state index contributed by atoms with van der Waals surface area (Å²) in [4.78, 5) is 25.4. The molecule has 0 spiro atoms. The van der Waals surface area contributed by atoms with E-state index in [4.69, 9.17) is 0 Å². The molecule has 2 atom stereocenters. The van der Waals surface area contributed by atoms with Crippen molar-refractivity contribution in [1.82, 2.24) is 24.6 Å². The van der Waals surface area contributed by atoms with Crippen LogP contribution in [0, 0.1) is 5.92 Å². The number of aromatic amines is 1. The van der Waals surface area contributed by atoms with Gasteiger partial charge in [0.15, 0.2) is 0 Å². The molecule has 2 saturated heterocycles. The SMILES string of the molecule is CF.Cn1cc(-c2cc3c(N4CC5CCC(C4)N5C(=O)C4CC4)ccnc3[nH]2)cn1. The lowest BCUT2D eigenvalue weighted by molar-refractivity contribution is -0.135. The molecular formula is C22H27FN6O. The van der Waals surface area contributed by atoms with Crippen molar-refractivity contribution in [2.45, 2.75) is 37.8 Å². The number of halogens is 1. The van der Waals surface area contributed by atoms with Gasteiger partial charge in [0.25, 0.3) is 0 Å². The van der Waals surface area contributed by atoms with Crippen molar-refractivity contribution in [3.8, 4) is 11.3 Å². The highest BCUT2D eigenvalue weighted by Crippen LogP contribution is 2.40. The number of carbonyl (C=O) groups excluding carboxylic acids is 1. The van der Waals surface area contributed by atoms with Crippen LogP contribution in [0.3, 0.4) is 0 Å². The van der Waals surface area contributed by atoms with Crippen molar-refractivity contribution in [3.05, 3.63) is 30.7 Å². The maximum atomic E-state index is 12.7. The van der Waals surface area contributed by atoms with Gasteiger partial charge in [0.2, 0.25) is 5.91 Å². The average Bonchev–Trinajstić information content (AvgIpc) is 3.29. The van der Waals surface area contributed by atoms with Gasteiger partial charge < -0.3 is 14.8 Å². The minimum atomic E-state index is 0.314. The number of aryl methyl sites for hydroxylation is 1. The Hall–Kier alpha value is -2.90. The van der Waals surface area contributed by atoms with Crippen molar-refractivity contribution in [1.29, 1.82) is 0 Å². The number of pyridine rings is 1. The summed E-state index contributed by atoms with van der Waals surface area (Å²) in [5, 5.41) is 5.42. The Labute approximate surface area is 174 Å². The zero-order valence-electron chi connectivity index (χ0n) is 17.4. The molecule has 30 heavy (non-hydrogen) atoms. The summed E-state index contributed by atoms with van der Waals surface area (Å²) in [5.74, 6) is 0.724. The fraction of sp³-hybridized carbons (Fsp3) is 0.500. The number of alkyl halides is 1. The number of rotatable bonds is 3. The number of anilines is 1. The lowest BCUT2D eigenvalue weighted by atomic mass is 10.1. The molecule has 1 saturated carbocycles. The molecule has 6 rings (SSSR count). The molecule has 2 unspecified atom stereocenters. The lowest BCUT2D eigenvalue weighted by Gasteiger charge is -2.42. The molecular weight excluding hydrogens is 383 g/mol. The Bertz CT molecular complexity index is 1060. The van der Waals surface area contributed by atoms with Gasteiger partial charge in [-0.1, -0.05) is 0 Å². The van der Waals surface area contributed by atoms with E-state index < -0.39 is 0 Å². The molecule has 1 amide bonds. The van der Waals surface area contributed by atoms with Gasteiger partial charge in [-0.25, -0.2) is 4.98 Å². The number of fused-ring (bicyclic) bond motifs is 3. The minimum absolute atomic E-state index is 0.314. The van der Waals surface area contributed by atoms with Gasteiger partial charge in [0.1, 0.15) is 5.65 Å². The van der Waals surface area contributed by atoms with Crippen LogP contribution < -0.4 is 4.90 Å². The second kappa shape index (κ2) is 7.41. The monoisotopic (exact) mass is 410 g/mol. The van der Waals surface area contributed by atoms with Gasteiger partial charge in [-0.2, -0.15) is 5.10 Å². The summed E-state index contributed by atoms with van der Waals surface area (Å²) in [6.45, 7) is 1.84. The zero-order chi connectivity index (χ0) is 20.8. The third-order valence-electron chi connectivity index (χ3n) is 6.53. The highest BCUT2D eigenvalue weighted by Gasteiger charge is 2.46. The van der Waals surface area contributed by atoms with Crippen LogP contribution in [0.4, 0.5) is 10.1 Å². The normalized spacial score (nSPS) is 22.9. The fourth-order valence-corrected chi connectivity index (χ4v) is 5.01. The van der Waals surface area contributed by atoms with Crippen molar-refractivity contribution >= 4 is 22.6 Å². The highest BCUT2D eigenvalue weighted by molar-refractivity contribution is 5.94. The first kappa shape index (κ1) is 19.1. The van der Waals surface area contributed by atoms with E-state index in [9.17, 15) is 9.18 Å². The predicted octanol–water partition coefficient (Wildman–Crippen LogP) is 3.14. The van der Waals surface area contributed by atoms with Gasteiger partial charge >= 0.3 is 0 Å². The van der Waals surface area contributed by atoms with Gasteiger partial charge in [-0.15, -0.1) is 0 Å². The van der Waals surface area contributed by atoms with E-state index >= 15 is 0 Å². The number of carbonyl (C=O) groups is 1. The van der Waals surface area contributed by atoms with E-state index in [2.05, 4.69) is 37.0 Å². The van der Waals surface area contributed by atoms with Crippen molar-refractivity contribution in [2.24, 2.45) is 13.0 Å². The van der Waals surface area contributed by atoms with Crippen LogP contribution in [0.1, 0.15) is 25.7 Å². The third-order valence-corrected chi connectivity index (χ3v) is 6.53. The number of H-pyrrole nitrogens is 1. The van der Waals surface area contributed by atoms with Crippen LogP contribution in [0.2, 0.25) is 0 Å². The molecule has 1 N–H and O–H groups in total. The zero-order valence-corrected chi connectivity index (χ0v) is 17.4. The molecule has 5 heterocycles. The van der Waals surface area contributed by atoms with Gasteiger partial charge in [-0.3, -0.25) is 13.9 Å². The maximum absolute atomic E-state index is 12.7. The molecule has 3 fully saturated rings. The van der Waals surface area contributed by atoms with E-state index in [-0.39, 0.29) is 0 Å². The minimum Gasteiger partial charge on any atom is -0.367 e.